The first kappa shape index (κ1) is 10.9. The fourth-order valence-electron chi connectivity index (χ4n) is 1.22. The first-order chi connectivity index (χ1) is 4.93. The fraction of sp³-hybridized carbons (Fsp3) is 1.00. The first-order valence-electron chi connectivity index (χ1n) is 4.39. The molecule has 2 nitrogen and oxygen atoms in total. The van der Waals surface area contributed by atoms with Crippen LogP contribution in [0.15, 0.2) is 0 Å². The molecule has 0 saturated heterocycles. The Kier molecular flexibility index (Phi) is 4.04. The molecule has 0 aromatic carbocycles. The summed E-state index contributed by atoms with van der Waals surface area (Å²) < 4.78 is 0. The molecule has 0 aliphatic carbocycles. The average molecular weight is 159 g/mol. The van der Waals surface area contributed by atoms with Crippen molar-refractivity contribution in [1.82, 2.24) is 4.90 Å². The SMILES string of the molecule is CCN(CC)C(C)C(C)(C)O. The highest BCUT2D eigenvalue weighted by Gasteiger charge is 2.25. The lowest BCUT2D eigenvalue weighted by Crippen LogP contribution is -2.47. The van der Waals surface area contributed by atoms with Crippen molar-refractivity contribution in [3.8, 4) is 0 Å². The maximum absolute atomic E-state index is 9.68. The minimum Gasteiger partial charge on any atom is -0.389 e. The second-order valence-corrected chi connectivity index (χ2v) is 3.55. The van der Waals surface area contributed by atoms with Crippen molar-refractivity contribution < 1.29 is 5.11 Å². The third-order valence-corrected chi connectivity index (χ3v) is 2.38. The number of nitrogens with zero attached hydrogens (tertiary/aromatic N) is 1. The minimum absolute atomic E-state index is 0.234. The van der Waals surface area contributed by atoms with Gasteiger partial charge in [-0.25, -0.2) is 0 Å². The molecule has 1 atom stereocenters. The first-order valence-corrected chi connectivity index (χ1v) is 4.39. The van der Waals surface area contributed by atoms with Crippen molar-refractivity contribution in [3.63, 3.8) is 0 Å². The highest BCUT2D eigenvalue weighted by molar-refractivity contribution is 4.81. The van der Waals surface area contributed by atoms with E-state index < -0.39 is 5.60 Å². The van der Waals surface area contributed by atoms with E-state index in [4.69, 9.17) is 0 Å². The molecule has 0 radical (unpaired) electrons. The maximum Gasteiger partial charge on any atom is 0.0743 e. The van der Waals surface area contributed by atoms with Crippen molar-refractivity contribution in [3.05, 3.63) is 0 Å². The summed E-state index contributed by atoms with van der Waals surface area (Å²) >= 11 is 0. The molecule has 0 heterocycles. The summed E-state index contributed by atoms with van der Waals surface area (Å²) in [7, 11) is 0. The zero-order chi connectivity index (χ0) is 9.07. The van der Waals surface area contributed by atoms with E-state index in [1.54, 1.807) is 0 Å². The predicted octanol–water partition coefficient (Wildman–Crippen LogP) is 1.49. The number of rotatable bonds is 4. The van der Waals surface area contributed by atoms with E-state index in [0.717, 1.165) is 13.1 Å². The molecule has 0 aromatic rings. The van der Waals surface area contributed by atoms with Crippen LogP contribution in [0.2, 0.25) is 0 Å². The lowest BCUT2D eigenvalue weighted by molar-refractivity contribution is -0.00804. The van der Waals surface area contributed by atoms with Crippen molar-refractivity contribution in [1.29, 1.82) is 0 Å². The molecule has 1 unspecified atom stereocenters. The van der Waals surface area contributed by atoms with Gasteiger partial charge in [-0.15, -0.1) is 0 Å². The molecule has 0 aromatic heterocycles. The Bertz CT molecular complexity index is 103. The molecule has 0 saturated carbocycles. The summed E-state index contributed by atoms with van der Waals surface area (Å²) in [6, 6.07) is 0.234. The molecule has 2 heteroatoms. The Labute approximate surface area is 70.2 Å². The molecular formula is C9H21NO. The van der Waals surface area contributed by atoms with E-state index in [2.05, 4.69) is 25.7 Å². The van der Waals surface area contributed by atoms with Gasteiger partial charge in [-0.2, -0.15) is 0 Å². The van der Waals surface area contributed by atoms with Gasteiger partial charge in [-0.05, 0) is 33.9 Å². The summed E-state index contributed by atoms with van der Waals surface area (Å²) in [4.78, 5) is 2.25. The quantitative estimate of drug-likeness (QED) is 0.671. The van der Waals surface area contributed by atoms with Crippen molar-refractivity contribution in [2.24, 2.45) is 0 Å². The van der Waals surface area contributed by atoms with Gasteiger partial charge in [0.2, 0.25) is 0 Å². The van der Waals surface area contributed by atoms with Crippen LogP contribution in [-0.2, 0) is 0 Å². The number of aliphatic hydroxyl groups is 1. The maximum atomic E-state index is 9.68. The lowest BCUT2D eigenvalue weighted by atomic mass is 9.99. The molecule has 0 rings (SSSR count). The van der Waals surface area contributed by atoms with Crippen molar-refractivity contribution in [2.45, 2.75) is 46.3 Å². The summed E-state index contributed by atoms with van der Waals surface area (Å²) in [6.07, 6.45) is 0. The summed E-state index contributed by atoms with van der Waals surface area (Å²) in [5, 5.41) is 9.68. The van der Waals surface area contributed by atoms with E-state index in [-0.39, 0.29) is 6.04 Å². The second-order valence-electron chi connectivity index (χ2n) is 3.55. The molecule has 0 amide bonds. The molecule has 0 fully saturated rings. The Morgan fingerprint density at radius 1 is 1.27 bits per heavy atom. The van der Waals surface area contributed by atoms with E-state index in [1.807, 2.05) is 13.8 Å². The molecule has 0 spiro atoms. The van der Waals surface area contributed by atoms with Gasteiger partial charge in [0.15, 0.2) is 0 Å². The second kappa shape index (κ2) is 4.07. The average Bonchev–Trinajstić information content (AvgIpc) is 1.88. The molecular weight excluding hydrogens is 138 g/mol. The highest BCUT2D eigenvalue weighted by Crippen LogP contribution is 2.14. The summed E-state index contributed by atoms with van der Waals surface area (Å²) in [5.74, 6) is 0. The normalized spacial score (nSPS) is 15.5. The number of hydrogen-bond donors (Lipinski definition) is 1. The molecule has 0 bridgehead atoms. The third kappa shape index (κ3) is 3.21. The summed E-state index contributed by atoms with van der Waals surface area (Å²) in [6.45, 7) is 12.0. The van der Waals surface area contributed by atoms with Crippen LogP contribution < -0.4 is 0 Å². The van der Waals surface area contributed by atoms with Gasteiger partial charge >= 0.3 is 0 Å². The van der Waals surface area contributed by atoms with Crippen LogP contribution in [0, 0.1) is 0 Å². The highest BCUT2D eigenvalue weighted by atomic mass is 16.3. The fourth-order valence-corrected chi connectivity index (χ4v) is 1.22. The minimum atomic E-state index is -0.591. The van der Waals surface area contributed by atoms with Gasteiger partial charge in [-0.1, -0.05) is 13.8 Å². The van der Waals surface area contributed by atoms with Gasteiger partial charge in [0, 0.05) is 6.04 Å². The van der Waals surface area contributed by atoms with Crippen LogP contribution in [-0.4, -0.2) is 34.7 Å². The van der Waals surface area contributed by atoms with Gasteiger partial charge < -0.3 is 5.11 Å². The largest absolute Gasteiger partial charge is 0.389 e. The topological polar surface area (TPSA) is 23.5 Å². The van der Waals surface area contributed by atoms with Crippen LogP contribution >= 0.6 is 0 Å². The van der Waals surface area contributed by atoms with Crippen LogP contribution in [0.4, 0.5) is 0 Å². The van der Waals surface area contributed by atoms with Gasteiger partial charge in [-0.3, -0.25) is 4.90 Å². The lowest BCUT2D eigenvalue weighted by Gasteiger charge is -2.35. The van der Waals surface area contributed by atoms with Crippen molar-refractivity contribution >= 4 is 0 Å². The van der Waals surface area contributed by atoms with Gasteiger partial charge in [0.25, 0.3) is 0 Å². The van der Waals surface area contributed by atoms with Gasteiger partial charge in [0.1, 0.15) is 0 Å². The summed E-state index contributed by atoms with van der Waals surface area (Å²) in [5.41, 5.74) is -0.591. The number of likely N-dealkylation sites (N-methyl/N-ethyl adjacent to an activating group) is 1. The standard InChI is InChI=1S/C9H21NO/c1-6-10(7-2)8(3)9(4,5)11/h8,11H,6-7H2,1-5H3. The molecule has 11 heavy (non-hydrogen) atoms. The van der Waals surface area contributed by atoms with Gasteiger partial charge in [0.05, 0.1) is 5.60 Å². The predicted molar refractivity (Wildman–Crippen MR) is 48.7 cm³/mol. The zero-order valence-electron chi connectivity index (χ0n) is 8.39. The number of hydrogen-bond acceptors (Lipinski definition) is 2. The van der Waals surface area contributed by atoms with Crippen LogP contribution in [0.1, 0.15) is 34.6 Å². The molecule has 0 aliphatic rings. The van der Waals surface area contributed by atoms with E-state index in [9.17, 15) is 5.11 Å². The molecule has 1 N–H and O–H groups in total. The Morgan fingerprint density at radius 2 is 1.64 bits per heavy atom. The Hall–Kier alpha value is -0.0800. The molecule has 0 aliphatic heterocycles. The van der Waals surface area contributed by atoms with E-state index in [1.165, 1.54) is 0 Å². The Morgan fingerprint density at radius 3 is 1.73 bits per heavy atom. The third-order valence-electron chi connectivity index (χ3n) is 2.38. The van der Waals surface area contributed by atoms with Crippen molar-refractivity contribution in [2.75, 3.05) is 13.1 Å². The monoisotopic (exact) mass is 159 g/mol. The van der Waals surface area contributed by atoms with Crippen LogP contribution in [0.25, 0.3) is 0 Å². The smallest absolute Gasteiger partial charge is 0.0743 e. The van der Waals surface area contributed by atoms with Crippen LogP contribution in [0.3, 0.4) is 0 Å². The van der Waals surface area contributed by atoms with E-state index >= 15 is 0 Å². The van der Waals surface area contributed by atoms with Crippen LogP contribution in [0.5, 0.6) is 0 Å². The molecule has 68 valence electrons. The zero-order valence-corrected chi connectivity index (χ0v) is 8.39. The Balaban J connectivity index is 4.09. The van der Waals surface area contributed by atoms with E-state index in [0.29, 0.717) is 0 Å².